The van der Waals surface area contributed by atoms with Gasteiger partial charge in [0.05, 0.1) is 5.56 Å². The molecule has 0 aliphatic heterocycles. The average molecular weight is 236 g/mol. The van der Waals surface area contributed by atoms with E-state index in [-0.39, 0.29) is 12.5 Å². The van der Waals surface area contributed by atoms with Gasteiger partial charge in [-0.3, -0.25) is 0 Å². The molecule has 0 unspecified atom stereocenters. The maximum Gasteiger partial charge on any atom is 0.340 e. The zero-order chi connectivity index (χ0) is 13.0. The molecule has 1 rings (SSSR count). The summed E-state index contributed by atoms with van der Waals surface area (Å²) in [4.78, 5) is 11.8. The monoisotopic (exact) mass is 236 g/mol. The number of carbonyl (C=O) groups excluding carboxylic acids is 1. The molecule has 0 saturated carbocycles. The number of aryl methyl sites for hydroxylation is 1. The lowest BCUT2D eigenvalue weighted by molar-refractivity contribution is -0.0126. The standard InChI is InChI=1S/C13H16O4/c1-5-10-9(3)12(8(2)6-11(10)14)13(15)17-7-16-4/h5-6,14H,1,7H2,2-4H3. The van der Waals surface area contributed by atoms with Crippen molar-refractivity contribution < 1.29 is 19.4 Å². The Labute approximate surface area is 100 Å². The van der Waals surface area contributed by atoms with Crippen LogP contribution in [0.4, 0.5) is 0 Å². The molecular weight excluding hydrogens is 220 g/mol. The molecule has 0 aromatic heterocycles. The summed E-state index contributed by atoms with van der Waals surface area (Å²) in [6.07, 6.45) is 1.51. The van der Waals surface area contributed by atoms with Crippen molar-refractivity contribution in [2.75, 3.05) is 13.9 Å². The topological polar surface area (TPSA) is 55.8 Å². The highest BCUT2D eigenvalue weighted by Crippen LogP contribution is 2.28. The molecule has 0 bridgehead atoms. The van der Waals surface area contributed by atoms with Crippen molar-refractivity contribution in [2.45, 2.75) is 13.8 Å². The first-order valence-corrected chi connectivity index (χ1v) is 5.14. The van der Waals surface area contributed by atoms with Crippen LogP contribution < -0.4 is 0 Å². The van der Waals surface area contributed by atoms with E-state index in [0.717, 1.165) is 0 Å². The summed E-state index contributed by atoms with van der Waals surface area (Å²) in [6.45, 7) is 7.00. The Morgan fingerprint density at radius 2 is 2.18 bits per heavy atom. The summed E-state index contributed by atoms with van der Waals surface area (Å²) >= 11 is 0. The molecule has 0 fully saturated rings. The molecule has 0 aliphatic carbocycles. The van der Waals surface area contributed by atoms with Crippen molar-refractivity contribution in [1.29, 1.82) is 0 Å². The van der Waals surface area contributed by atoms with Crippen molar-refractivity contribution in [2.24, 2.45) is 0 Å². The van der Waals surface area contributed by atoms with E-state index in [1.54, 1.807) is 13.8 Å². The fraction of sp³-hybridized carbons (Fsp3) is 0.308. The largest absolute Gasteiger partial charge is 0.507 e. The minimum Gasteiger partial charge on any atom is -0.507 e. The summed E-state index contributed by atoms with van der Waals surface area (Å²) < 4.78 is 9.58. The van der Waals surface area contributed by atoms with Crippen LogP contribution in [0.3, 0.4) is 0 Å². The van der Waals surface area contributed by atoms with Crippen molar-refractivity contribution in [3.63, 3.8) is 0 Å². The molecule has 1 aromatic rings. The van der Waals surface area contributed by atoms with Crippen molar-refractivity contribution in [3.8, 4) is 5.75 Å². The number of hydrogen-bond acceptors (Lipinski definition) is 4. The number of ether oxygens (including phenoxy) is 2. The van der Waals surface area contributed by atoms with E-state index in [2.05, 4.69) is 11.3 Å². The lowest BCUT2D eigenvalue weighted by Gasteiger charge is -2.13. The van der Waals surface area contributed by atoms with E-state index < -0.39 is 5.97 Å². The first kappa shape index (κ1) is 13.3. The van der Waals surface area contributed by atoms with Crippen molar-refractivity contribution in [3.05, 3.63) is 34.9 Å². The minimum absolute atomic E-state index is 0.0952. The van der Waals surface area contributed by atoms with Gasteiger partial charge in [-0.1, -0.05) is 12.7 Å². The van der Waals surface area contributed by atoms with E-state index in [1.807, 2.05) is 0 Å². The number of aromatic hydroxyl groups is 1. The normalized spacial score (nSPS) is 10.1. The lowest BCUT2D eigenvalue weighted by atomic mass is 9.96. The van der Waals surface area contributed by atoms with Crippen LogP contribution in [0.15, 0.2) is 12.6 Å². The van der Waals surface area contributed by atoms with Crippen LogP contribution in [0.2, 0.25) is 0 Å². The molecule has 0 amide bonds. The Morgan fingerprint density at radius 3 is 2.71 bits per heavy atom. The van der Waals surface area contributed by atoms with Gasteiger partial charge < -0.3 is 14.6 Å². The zero-order valence-corrected chi connectivity index (χ0v) is 10.2. The van der Waals surface area contributed by atoms with Crippen LogP contribution in [-0.2, 0) is 9.47 Å². The fourth-order valence-corrected chi connectivity index (χ4v) is 1.73. The number of esters is 1. The number of phenols is 1. The van der Waals surface area contributed by atoms with Crippen LogP contribution in [0.5, 0.6) is 5.75 Å². The van der Waals surface area contributed by atoms with Gasteiger partial charge in [-0.2, -0.15) is 0 Å². The highest BCUT2D eigenvalue weighted by molar-refractivity contribution is 5.94. The van der Waals surface area contributed by atoms with Crippen LogP contribution in [0.1, 0.15) is 27.0 Å². The molecule has 0 heterocycles. The smallest absolute Gasteiger partial charge is 0.340 e. The molecule has 0 aliphatic rings. The predicted octanol–water partition coefficient (Wildman–Crippen LogP) is 2.41. The van der Waals surface area contributed by atoms with Gasteiger partial charge in [0.1, 0.15) is 5.75 Å². The first-order chi connectivity index (χ1) is 8.02. The number of methoxy groups -OCH3 is 1. The summed E-state index contributed by atoms with van der Waals surface area (Å²) in [7, 11) is 1.44. The van der Waals surface area contributed by atoms with Gasteiger partial charge in [0, 0.05) is 12.7 Å². The third kappa shape index (κ3) is 2.65. The summed E-state index contributed by atoms with van der Waals surface area (Å²) in [5.41, 5.74) is 2.29. The molecule has 4 heteroatoms. The molecule has 17 heavy (non-hydrogen) atoms. The van der Waals surface area contributed by atoms with E-state index >= 15 is 0 Å². The summed E-state index contributed by atoms with van der Waals surface area (Å²) in [6, 6.07) is 1.52. The maximum absolute atomic E-state index is 11.8. The number of phenolic OH excluding ortho intramolecular Hbond substituents is 1. The molecule has 92 valence electrons. The molecule has 0 radical (unpaired) electrons. The second-order valence-corrected chi connectivity index (χ2v) is 3.67. The number of hydrogen-bond donors (Lipinski definition) is 1. The molecule has 1 aromatic carbocycles. The highest BCUT2D eigenvalue weighted by Gasteiger charge is 2.18. The van der Waals surface area contributed by atoms with Gasteiger partial charge in [0.15, 0.2) is 6.79 Å². The third-order valence-electron chi connectivity index (χ3n) is 2.52. The van der Waals surface area contributed by atoms with Crippen molar-refractivity contribution >= 4 is 12.0 Å². The van der Waals surface area contributed by atoms with Gasteiger partial charge in [0.2, 0.25) is 0 Å². The fourth-order valence-electron chi connectivity index (χ4n) is 1.73. The second-order valence-electron chi connectivity index (χ2n) is 3.67. The summed E-state index contributed by atoms with van der Waals surface area (Å²) in [5, 5.41) is 9.71. The zero-order valence-electron chi connectivity index (χ0n) is 10.2. The highest BCUT2D eigenvalue weighted by atomic mass is 16.7. The Balaban J connectivity index is 3.23. The Hall–Kier alpha value is -1.81. The average Bonchev–Trinajstić information content (AvgIpc) is 2.26. The van der Waals surface area contributed by atoms with Gasteiger partial charge >= 0.3 is 5.97 Å². The third-order valence-corrected chi connectivity index (χ3v) is 2.52. The molecule has 0 saturated heterocycles. The van der Waals surface area contributed by atoms with Crippen LogP contribution in [0, 0.1) is 13.8 Å². The minimum atomic E-state index is -0.468. The van der Waals surface area contributed by atoms with Gasteiger partial charge in [-0.15, -0.1) is 0 Å². The van der Waals surface area contributed by atoms with Crippen LogP contribution in [-0.4, -0.2) is 25.0 Å². The van der Waals surface area contributed by atoms with Gasteiger partial charge in [-0.25, -0.2) is 4.79 Å². The molecule has 4 nitrogen and oxygen atoms in total. The molecular formula is C13H16O4. The molecule has 0 spiro atoms. The van der Waals surface area contributed by atoms with E-state index in [0.29, 0.717) is 22.3 Å². The van der Waals surface area contributed by atoms with E-state index in [1.165, 1.54) is 19.3 Å². The number of benzene rings is 1. The van der Waals surface area contributed by atoms with Crippen LogP contribution in [0.25, 0.3) is 6.08 Å². The predicted molar refractivity (Wildman–Crippen MR) is 65.0 cm³/mol. The SMILES string of the molecule is C=Cc1c(O)cc(C)c(C(=O)OCOC)c1C. The number of carbonyl (C=O) groups is 1. The Kier molecular flexibility index (Phi) is 4.29. The first-order valence-electron chi connectivity index (χ1n) is 5.14. The summed E-state index contributed by atoms with van der Waals surface area (Å²) in [5.74, 6) is -0.358. The van der Waals surface area contributed by atoms with Crippen LogP contribution >= 0.6 is 0 Å². The van der Waals surface area contributed by atoms with Gasteiger partial charge in [-0.05, 0) is 31.0 Å². The Bertz CT molecular complexity index is 449. The number of rotatable bonds is 4. The lowest BCUT2D eigenvalue weighted by Crippen LogP contribution is -2.11. The quantitative estimate of drug-likeness (QED) is 0.644. The molecule has 1 N–H and O–H groups in total. The second kappa shape index (κ2) is 5.50. The van der Waals surface area contributed by atoms with E-state index in [9.17, 15) is 9.90 Å². The molecule has 0 atom stereocenters. The van der Waals surface area contributed by atoms with Gasteiger partial charge in [0.25, 0.3) is 0 Å². The van der Waals surface area contributed by atoms with Crippen molar-refractivity contribution in [1.82, 2.24) is 0 Å². The maximum atomic E-state index is 11.8. The Morgan fingerprint density at radius 1 is 1.53 bits per heavy atom. The van der Waals surface area contributed by atoms with E-state index in [4.69, 9.17) is 4.74 Å².